The largest absolute Gasteiger partial charge is 0.457 e. The van der Waals surface area contributed by atoms with E-state index in [1.54, 1.807) is 4.90 Å². The summed E-state index contributed by atoms with van der Waals surface area (Å²) in [7, 11) is -4.10. The number of benzene rings is 2. The summed E-state index contributed by atoms with van der Waals surface area (Å²) in [5.41, 5.74) is -0.842. The van der Waals surface area contributed by atoms with Crippen molar-refractivity contribution in [1.82, 2.24) is 0 Å². The van der Waals surface area contributed by atoms with Crippen LogP contribution in [-0.4, -0.2) is 40.7 Å². The van der Waals surface area contributed by atoms with Gasteiger partial charge in [-0.15, -0.1) is 0 Å². The van der Waals surface area contributed by atoms with Crippen molar-refractivity contribution >= 4 is 21.7 Å². The third kappa shape index (κ3) is 5.10. The fourth-order valence-electron chi connectivity index (χ4n) is 3.08. The van der Waals surface area contributed by atoms with Gasteiger partial charge in [-0.2, -0.15) is 13.2 Å². The van der Waals surface area contributed by atoms with Crippen LogP contribution in [0.5, 0.6) is 0 Å². The highest BCUT2D eigenvalue weighted by Gasteiger charge is 2.33. The number of primary sulfonamides is 1. The number of ether oxygens (including phenoxy) is 2. The van der Waals surface area contributed by atoms with E-state index < -0.39 is 34.3 Å². The third-order valence-electron chi connectivity index (χ3n) is 4.55. The first kappa shape index (κ1) is 22.1. The monoisotopic (exact) mass is 444 g/mol. The smallest absolute Gasteiger partial charge is 0.416 e. The lowest BCUT2D eigenvalue weighted by Crippen LogP contribution is -2.37. The highest BCUT2D eigenvalue weighted by atomic mass is 32.2. The van der Waals surface area contributed by atoms with E-state index in [1.165, 1.54) is 30.3 Å². The zero-order chi connectivity index (χ0) is 21.9. The molecular formula is C19H19F3N2O5S. The number of hydrogen-bond acceptors (Lipinski definition) is 6. The molecular weight excluding hydrogens is 425 g/mol. The Balaban J connectivity index is 1.91. The molecule has 1 heterocycles. The average molecular weight is 444 g/mol. The average Bonchev–Trinajstić information content (AvgIpc) is 2.71. The number of alkyl halides is 3. The number of morpholine rings is 1. The van der Waals surface area contributed by atoms with Gasteiger partial charge in [-0.1, -0.05) is 18.2 Å². The second-order valence-corrected chi connectivity index (χ2v) is 8.12. The molecule has 1 aliphatic heterocycles. The highest BCUT2D eigenvalue weighted by Crippen LogP contribution is 2.32. The molecule has 1 fully saturated rings. The van der Waals surface area contributed by atoms with Crippen molar-refractivity contribution in [2.45, 2.75) is 17.7 Å². The molecule has 0 radical (unpaired) electrons. The van der Waals surface area contributed by atoms with E-state index in [2.05, 4.69) is 0 Å². The van der Waals surface area contributed by atoms with Crippen LogP contribution < -0.4 is 10.0 Å². The molecule has 0 unspecified atom stereocenters. The fraction of sp³-hybridized carbons (Fsp3) is 0.316. The first-order chi connectivity index (χ1) is 14.1. The Morgan fingerprint density at radius 1 is 1.13 bits per heavy atom. The van der Waals surface area contributed by atoms with Crippen LogP contribution in [0.1, 0.15) is 21.5 Å². The zero-order valence-corrected chi connectivity index (χ0v) is 16.5. The molecule has 1 aliphatic rings. The van der Waals surface area contributed by atoms with Crippen molar-refractivity contribution in [2.24, 2.45) is 5.14 Å². The maximum absolute atomic E-state index is 13.1. The fourth-order valence-corrected chi connectivity index (χ4v) is 3.62. The summed E-state index contributed by atoms with van der Waals surface area (Å²) in [6, 6.07) is 8.49. The molecule has 0 amide bonds. The summed E-state index contributed by atoms with van der Waals surface area (Å²) in [5.74, 6) is -0.959. The molecule has 2 aromatic carbocycles. The van der Waals surface area contributed by atoms with Crippen LogP contribution in [-0.2, 0) is 32.3 Å². The second kappa shape index (κ2) is 8.62. The molecule has 0 atom stereocenters. The molecule has 2 N–H and O–H groups in total. The van der Waals surface area contributed by atoms with Gasteiger partial charge in [0.2, 0.25) is 10.0 Å². The Kier molecular flexibility index (Phi) is 6.34. The molecule has 30 heavy (non-hydrogen) atoms. The van der Waals surface area contributed by atoms with Crippen LogP contribution in [0.25, 0.3) is 0 Å². The molecule has 0 bridgehead atoms. The standard InChI is InChI=1S/C19H19F3N2O5S/c20-19(21,22)16-4-2-1-3-13(16)12-29-18(25)15-11-14(30(23,26)27)5-6-17(15)24-7-9-28-10-8-24/h1-6,11H,7-10,12H2,(H2,23,26,27). The Bertz CT molecular complexity index is 1030. The lowest BCUT2D eigenvalue weighted by molar-refractivity contribution is -0.138. The maximum Gasteiger partial charge on any atom is 0.416 e. The summed E-state index contributed by atoms with van der Waals surface area (Å²) >= 11 is 0. The molecule has 0 spiro atoms. The van der Waals surface area contributed by atoms with Gasteiger partial charge in [-0.25, -0.2) is 18.4 Å². The minimum absolute atomic E-state index is 0.104. The number of hydrogen-bond donors (Lipinski definition) is 1. The number of sulfonamides is 1. The van der Waals surface area contributed by atoms with Crippen molar-refractivity contribution < 1.29 is 35.9 Å². The Morgan fingerprint density at radius 2 is 1.80 bits per heavy atom. The van der Waals surface area contributed by atoms with E-state index in [-0.39, 0.29) is 16.0 Å². The minimum atomic E-state index is -4.60. The van der Waals surface area contributed by atoms with Gasteiger partial charge < -0.3 is 14.4 Å². The van der Waals surface area contributed by atoms with Crippen molar-refractivity contribution in [3.63, 3.8) is 0 Å². The minimum Gasteiger partial charge on any atom is -0.457 e. The molecule has 3 rings (SSSR count). The van der Waals surface area contributed by atoms with Crippen molar-refractivity contribution in [2.75, 3.05) is 31.2 Å². The van der Waals surface area contributed by atoms with Gasteiger partial charge in [0.1, 0.15) is 6.61 Å². The van der Waals surface area contributed by atoms with Gasteiger partial charge in [-0.05, 0) is 24.3 Å². The Labute approximate surface area is 171 Å². The number of carbonyl (C=O) groups is 1. The van der Waals surface area contributed by atoms with Gasteiger partial charge in [0.05, 0.1) is 34.9 Å². The quantitative estimate of drug-likeness (QED) is 0.712. The van der Waals surface area contributed by atoms with E-state index in [0.29, 0.717) is 32.0 Å². The van der Waals surface area contributed by atoms with Crippen LogP contribution in [0.4, 0.5) is 18.9 Å². The lowest BCUT2D eigenvalue weighted by Gasteiger charge is -2.30. The predicted octanol–water partition coefficient (Wildman–Crippen LogP) is 2.55. The van der Waals surface area contributed by atoms with Crippen LogP contribution in [0.3, 0.4) is 0 Å². The Hall–Kier alpha value is -2.63. The van der Waals surface area contributed by atoms with Crippen LogP contribution in [0.15, 0.2) is 47.4 Å². The molecule has 0 saturated carbocycles. The zero-order valence-electron chi connectivity index (χ0n) is 15.7. The van der Waals surface area contributed by atoms with Crippen molar-refractivity contribution in [3.8, 4) is 0 Å². The summed E-state index contributed by atoms with van der Waals surface area (Å²) in [4.78, 5) is 14.2. The summed E-state index contributed by atoms with van der Waals surface area (Å²) in [6.07, 6.45) is -4.60. The molecule has 162 valence electrons. The number of carbonyl (C=O) groups excluding carboxylic acids is 1. The number of anilines is 1. The van der Waals surface area contributed by atoms with Gasteiger partial charge in [0.15, 0.2) is 0 Å². The summed E-state index contributed by atoms with van der Waals surface area (Å²) < 4.78 is 73.2. The van der Waals surface area contributed by atoms with Gasteiger partial charge in [0.25, 0.3) is 0 Å². The molecule has 1 saturated heterocycles. The number of rotatable bonds is 5. The van der Waals surface area contributed by atoms with Gasteiger partial charge >= 0.3 is 12.1 Å². The maximum atomic E-state index is 13.1. The number of nitrogens with zero attached hydrogens (tertiary/aromatic N) is 1. The van der Waals surface area contributed by atoms with E-state index in [1.807, 2.05) is 0 Å². The third-order valence-corrected chi connectivity index (χ3v) is 5.46. The van der Waals surface area contributed by atoms with Gasteiger partial charge in [-0.3, -0.25) is 0 Å². The molecule has 11 heteroatoms. The predicted molar refractivity (Wildman–Crippen MR) is 101 cm³/mol. The van der Waals surface area contributed by atoms with E-state index >= 15 is 0 Å². The molecule has 2 aromatic rings. The second-order valence-electron chi connectivity index (χ2n) is 6.55. The normalized spacial score (nSPS) is 15.1. The van der Waals surface area contributed by atoms with Crippen LogP contribution in [0.2, 0.25) is 0 Å². The molecule has 0 aliphatic carbocycles. The first-order valence-electron chi connectivity index (χ1n) is 8.89. The number of nitrogens with two attached hydrogens (primary N) is 1. The topological polar surface area (TPSA) is 98.9 Å². The molecule has 0 aromatic heterocycles. The van der Waals surface area contributed by atoms with Crippen LogP contribution in [0, 0.1) is 0 Å². The van der Waals surface area contributed by atoms with E-state index in [0.717, 1.165) is 12.1 Å². The van der Waals surface area contributed by atoms with Crippen molar-refractivity contribution in [1.29, 1.82) is 0 Å². The van der Waals surface area contributed by atoms with E-state index in [9.17, 15) is 26.4 Å². The SMILES string of the molecule is NS(=O)(=O)c1ccc(N2CCOCC2)c(C(=O)OCc2ccccc2C(F)(F)F)c1. The van der Waals surface area contributed by atoms with Crippen molar-refractivity contribution in [3.05, 3.63) is 59.2 Å². The summed E-state index contributed by atoms with van der Waals surface area (Å²) in [6.45, 7) is 1.09. The summed E-state index contributed by atoms with van der Waals surface area (Å²) in [5, 5.41) is 5.15. The Morgan fingerprint density at radius 3 is 2.43 bits per heavy atom. The highest BCUT2D eigenvalue weighted by molar-refractivity contribution is 7.89. The van der Waals surface area contributed by atoms with Crippen LogP contribution >= 0.6 is 0 Å². The van der Waals surface area contributed by atoms with Gasteiger partial charge in [0, 0.05) is 18.7 Å². The lowest BCUT2D eigenvalue weighted by atomic mass is 10.1. The first-order valence-corrected chi connectivity index (χ1v) is 10.4. The molecule has 7 nitrogen and oxygen atoms in total. The number of halogens is 3. The van der Waals surface area contributed by atoms with E-state index in [4.69, 9.17) is 14.6 Å². The number of esters is 1.